The van der Waals surface area contributed by atoms with Gasteiger partial charge in [0.25, 0.3) is 15.9 Å². The molecular weight excluding hydrogens is 442 g/mol. The number of carbonyl (C=O) groups is 1. The van der Waals surface area contributed by atoms with Gasteiger partial charge in [-0.15, -0.1) is 10.2 Å². The molecule has 0 unspecified atom stereocenters. The van der Waals surface area contributed by atoms with E-state index in [1.54, 1.807) is 31.2 Å². The molecule has 0 atom stereocenters. The first-order valence-corrected chi connectivity index (χ1v) is 11.6. The lowest BCUT2D eigenvalue weighted by Gasteiger charge is -2.25. The predicted molar refractivity (Wildman–Crippen MR) is 121 cm³/mol. The van der Waals surface area contributed by atoms with Crippen molar-refractivity contribution in [3.8, 4) is 0 Å². The molecular formula is C24H21N3O5S. The number of benzene rings is 3. The highest BCUT2D eigenvalue weighted by molar-refractivity contribution is 7.92. The average Bonchev–Trinajstić information content (AvgIpc) is 3.27. The lowest BCUT2D eigenvalue weighted by Crippen LogP contribution is -2.30. The highest BCUT2D eigenvalue weighted by atomic mass is 32.2. The number of esters is 1. The van der Waals surface area contributed by atoms with Gasteiger partial charge in [-0.1, -0.05) is 54.6 Å². The molecule has 0 saturated heterocycles. The molecule has 0 aliphatic rings. The van der Waals surface area contributed by atoms with Gasteiger partial charge in [0.2, 0.25) is 5.89 Å². The monoisotopic (exact) mass is 463 g/mol. The largest absolute Gasteiger partial charge is 0.452 e. The van der Waals surface area contributed by atoms with Gasteiger partial charge < -0.3 is 9.15 Å². The minimum atomic E-state index is -3.99. The smallest absolute Gasteiger partial charge is 0.338 e. The molecule has 0 N–H and O–H groups in total. The van der Waals surface area contributed by atoms with Gasteiger partial charge in [0, 0.05) is 6.92 Å². The van der Waals surface area contributed by atoms with Crippen LogP contribution in [0.25, 0.3) is 0 Å². The number of carbonyl (C=O) groups excluding carboxylic acids is 1. The predicted octanol–water partition coefficient (Wildman–Crippen LogP) is 4.13. The third kappa shape index (κ3) is 5.27. The molecule has 0 saturated carbocycles. The maximum absolute atomic E-state index is 13.6. The van der Waals surface area contributed by atoms with Gasteiger partial charge in [-0.3, -0.25) is 4.31 Å². The van der Waals surface area contributed by atoms with Gasteiger partial charge in [-0.05, 0) is 35.9 Å². The molecule has 0 amide bonds. The van der Waals surface area contributed by atoms with E-state index in [-0.39, 0.29) is 29.5 Å². The summed E-state index contributed by atoms with van der Waals surface area (Å²) in [4.78, 5) is 12.5. The number of hydrogen-bond acceptors (Lipinski definition) is 7. The summed E-state index contributed by atoms with van der Waals surface area (Å²) < 4.78 is 39.0. The number of ether oxygens (including phenoxy) is 1. The van der Waals surface area contributed by atoms with Crippen molar-refractivity contribution in [1.82, 2.24) is 10.2 Å². The van der Waals surface area contributed by atoms with Crippen LogP contribution in [-0.2, 0) is 27.9 Å². The number of aryl methyl sites for hydroxylation is 1. The quantitative estimate of drug-likeness (QED) is 0.362. The molecule has 1 heterocycles. The van der Waals surface area contributed by atoms with Gasteiger partial charge in [-0.2, -0.15) is 0 Å². The fourth-order valence-corrected chi connectivity index (χ4v) is 4.67. The van der Waals surface area contributed by atoms with E-state index in [2.05, 4.69) is 10.2 Å². The molecule has 8 nitrogen and oxygen atoms in total. The second-order valence-corrected chi connectivity index (χ2v) is 9.01. The average molecular weight is 464 g/mol. The van der Waals surface area contributed by atoms with Crippen LogP contribution in [0.1, 0.15) is 27.7 Å². The number of rotatable bonds is 8. The van der Waals surface area contributed by atoms with E-state index < -0.39 is 16.0 Å². The summed E-state index contributed by atoms with van der Waals surface area (Å²) in [5, 5.41) is 7.44. The van der Waals surface area contributed by atoms with E-state index in [0.717, 1.165) is 5.56 Å². The topological polar surface area (TPSA) is 103 Å². The number of anilines is 1. The number of nitrogens with zero attached hydrogens (tertiary/aromatic N) is 3. The molecule has 0 spiro atoms. The van der Waals surface area contributed by atoms with Crippen LogP contribution in [0.4, 0.5) is 5.69 Å². The lowest BCUT2D eigenvalue weighted by atomic mass is 10.2. The van der Waals surface area contributed by atoms with Gasteiger partial charge in [0.05, 0.1) is 22.7 Å². The highest BCUT2D eigenvalue weighted by Gasteiger charge is 2.26. The Balaban J connectivity index is 1.61. The van der Waals surface area contributed by atoms with Gasteiger partial charge in [0.15, 0.2) is 6.61 Å². The summed E-state index contributed by atoms with van der Waals surface area (Å²) in [6, 6.07) is 23.9. The van der Waals surface area contributed by atoms with Gasteiger partial charge in [0.1, 0.15) is 0 Å². The fraction of sp³-hybridized carbons (Fsp3) is 0.125. The number of sulfonamides is 1. The normalized spacial score (nSPS) is 11.2. The first-order valence-electron chi connectivity index (χ1n) is 10.1. The summed E-state index contributed by atoms with van der Waals surface area (Å²) in [6.45, 7) is 1.56. The van der Waals surface area contributed by atoms with Gasteiger partial charge >= 0.3 is 5.97 Å². The van der Waals surface area contributed by atoms with Crippen LogP contribution < -0.4 is 4.31 Å². The molecule has 0 radical (unpaired) electrons. The second-order valence-electron chi connectivity index (χ2n) is 7.15. The Morgan fingerprint density at radius 3 is 2.30 bits per heavy atom. The molecule has 0 bridgehead atoms. The summed E-state index contributed by atoms with van der Waals surface area (Å²) in [5.41, 5.74) is 1.44. The van der Waals surface area contributed by atoms with Crippen molar-refractivity contribution in [3.05, 3.63) is 108 Å². The lowest BCUT2D eigenvalue weighted by molar-refractivity contribution is 0.0436. The Labute approximate surface area is 191 Å². The number of aromatic nitrogens is 2. The van der Waals surface area contributed by atoms with E-state index in [0.29, 0.717) is 11.6 Å². The third-order valence-corrected chi connectivity index (χ3v) is 6.54. The molecule has 4 rings (SSSR count). The van der Waals surface area contributed by atoms with E-state index in [4.69, 9.17) is 9.15 Å². The first-order chi connectivity index (χ1) is 15.9. The van der Waals surface area contributed by atoms with Crippen LogP contribution in [-0.4, -0.2) is 24.6 Å². The van der Waals surface area contributed by atoms with Gasteiger partial charge in [-0.25, -0.2) is 13.2 Å². The fourth-order valence-electron chi connectivity index (χ4n) is 3.18. The zero-order valence-corrected chi connectivity index (χ0v) is 18.6. The third-order valence-electron chi connectivity index (χ3n) is 4.77. The molecule has 33 heavy (non-hydrogen) atoms. The van der Waals surface area contributed by atoms with Crippen molar-refractivity contribution in [1.29, 1.82) is 0 Å². The molecule has 0 aliphatic carbocycles. The van der Waals surface area contributed by atoms with Crippen molar-refractivity contribution in [2.45, 2.75) is 25.0 Å². The molecule has 0 aliphatic heterocycles. The highest BCUT2D eigenvalue weighted by Crippen LogP contribution is 2.26. The molecule has 9 heteroatoms. The zero-order chi connectivity index (χ0) is 23.3. The van der Waals surface area contributed by atoms with E-state index in [1.807, 2.05) is 36.4 Å². The van der Waals surface area contributed by atoms with Crippen molar-refractivity contribution in [3.63, 3.8) is 0 Å². The van der Waals surface area contributed by atoms with E-state index >= 15 is 0 Å². The molecule has 3 aromatic carbocycles. The molecule has 0 fully saturated rings. The van der Waals surface area contributed by atoms with Crippen LogP contribution in [0.15, 0.2) is 94.2 Å². The van der Waals surface area contributed by atoms with Crippen LogP contribution in [0.5, 0.6) is 0 Å². The summed E-state index contributed by atoms with van der Waals surface area (Å²) in [7, 11) is -3.99. The van der Waals surface area contributed by atoms with Crippen LogP contribution in [0.2, 0.25) is 0 Å². The Morgan fingerprint density at radius 2 is 1.64 bits per heavy atom. The first kappa shape index (κ1) is 22.2. The molecule has 4 aromatic rings. The standard InChI is InChI=1S/C24H21N3O5S/c1-18-25-26-23(32-18)17-31-24(28)20-11-8-14-22(15-20)33(29,30)27(21-12-6-3-7-13-21)16-19-9-4-2-5-10-19/h2-15H,16-17H2,1H3. The van der Waals surface area contributed by atoms with Crippen molar-refractivity contribution >= 4 is 21.7 Å². The van der Waals surface area contributed by atoms with Crippen molar-refractivity contribution in [2.75, 3.05) is 4.31 Å². The Kier molecular flexibility index (Phi) is 6.50. The van der Waals surface area contributed by atoms with Crippen molar-refractivity contribution < 1.29 is 22.4 Å². The Bertz CT molecular complexity index is 1340. The Hall–Kier alpha value is -3.98. The summed E-state index contributed by atoms with van der Waals surface area (Å²) >= 11 is 0. The SMILES string of the molecule is Cc1nnc(COC(=O)c2cccc(S(=O)(=O)N(Cc3ccccc3)c3ccccc3)c2)o1. The molecule has 1 aromatic heterocycles. The zero-order valence-electron chi connectivity index (χ0n) is 17.8. The van der Waals surface area contributed by atoms with E-state index in [9.17, 15) is 13.2 Å². The molecule has 168 valence electrons. The number of hydrogen-bond donors (Lipinski definition) is 0. The second kappa shape index (κ2) is 9.66. The van der Waals surface area contributed by atoms with Crippen LogP contribution >= 0.6 is 0 Å². The van der Waals surface area contributed by atoms with Crippen LogP contribution in [0, 0.1) is 6.92 Å². The Morgan fingerprint density at radius 1 is 0.939 bits per heavy atom. The van der Waals surface area contributed by atoms with E-state index in [1.165, 1.54) is 28.6 Å². The van der Waals surface area contributed by atoms with Crippen LogP contribution in [0.3, 0.4) is 0 Å². The minimum Gasteiger partial charge on any atom is -0.452 e. The maximum atomic E-state index is 13.6. The number of para-hydroxylation sites is 1. The maximum Gasteiger partial charge on any atom is 0.338 e. The summed E-state index contributed by atoms with van der Waals surface area (Å²) in [5.74, 6) is -0.187. The summed E-state index contributed by atoms with van der Waals surface area (Å²) in [6.07, 6.45) is 0. The van der Waals surface area contributed by atoms with Crippen molar-refractivity contribution in [2.24, 2.45) is 0 Å². The minimum absolute atomic E-state index is 0.0228.